The predicted molar refractivity (Wildman–Crippen MR) is 68.6 cm³/mol. The van der Waals surface area contributed by atoms with Crippen molar-refractivity contribution < 1.29 is 9.47 Å². The second kappa shape index (κ2) is 5.73. The normalized spacial score (nSPS) is 20.5. The van der Waals surface area contributed by atoms with E-state index in [1.54, 1.807) is 0 Å². The third kappa shape index (κ3) is 3.01. The third-order valence-corrected chi connectivity index (χ3v) is 2.88. The molecule has 1 aromatic carbocycles. The van der Waals surface area contributed by atoms with E-state index in [9.17, 15) is 0 Å². The number of rotatable bonds is 4. The molecule has 0 saturated carbocycles. The summed E-state index contributed by atoms with van der Waals surface area (Å²) < 4.78 is 11.6. The lowest BCUT2D eigenvalue weighted by Gasteiger charge is -2.30. The van der Waals surface area contributed by atoms with Crippen LogP contribution in [0.1, 0.15) is 13.8 Å². The quantitative estimate of drug-likeness (QED) is 0.810. The SMILES string of the molecule is CC=CCNC(C)C1COc2ccccc2O1. The number of hydrogen-bond donors (Lipinski definition) is 1. The van der Waals surface area contributed by atoms with Crippen LogP contribution in [-0.2, 0) is 0 Å². The third-order valence-electron chi connectivity index (χ3n) is 2.88. The van der Waals surface area contributed by atoms with Crippen molar-refractivity contribution in [2.75, 3.05) is 13.2 Å². The number of allylic oxidation sites excluding steroid dienone is 1. The van der Waals surface area contributed by atoms with Gasteiger partial charge in [-0.3, -0.25) is 0 Å². The van der Waals surface area contributed by atoms with Crippen LogP contribution in [0.5, 0.6) is 11.5 Å². The lowest BCUT2D eigenvalue weighted by molar-refractivity contribution is 0.0677. The van der Waals surface area contributed by atoms with Crippen LogP contribution in [0.4, 0.5) is 0 Å². The molecule has 1 aromatic rings. The largest absolute Gasteiger partial charge is 0.486 e. The van der Waals surface area contributed by atoms with E-state index in [2.05, 4.69) is 18.3 Å². The summed E-state index contributed by atoms with van der Waals surface area (Å²) in [5.41, 5.74) is 0. The van der Waals surface area contributed by atoms with Gasteiger partial charge in [-0.25, -0.2) is 0 Å². The fraction of sp³-hybridized carbons (Fsp3) is 0.429. The summed E-state index contributed by atoms with van der Waals surface area (Å²) in [6, 6.07) is 8.06. The molecule has 0 aliphatic carbocycles. The van der Waals surface area contributed by atoms with Crippen molar-refractivity contribution in [1.82, 2.24) is 5.32 Å². The van der Waals surface area contributed by atoms with Gasteiger partial charge in [-0.2, -0.15) is 0 Å². The Morgan fingerprint density at radius 1 is 1.41 bits per heavy atom. The Balaban J connectivity index is 1.93. The summed E-state index contributed by atoms with van der Waals surface area (Å²) in [7, 11) is 0. The molecule has 17 heavy (non-hydrogen) atoms. The minimum atomic E-state index is 0.0650. The fourth-order valence-corrected chi connectivity index (χ4v) is 1.79. The molecule has 0 aromatic heterocycles. The van der Waals surface area contributed by atoms with Gasteiger partial charge < -0.3 is 14.8 Å². The van der Waals surface area contributed by atoms with Gasteiger partial charge in [0.25, 0.3) is 0 Å². The van der Waals surface area contributed by atoms with Gasteiger partial charge >= 0.3 is 0 Å². The average Bonchev–Trinajstić information content (AvgIpc) is 2.38. The van der Waals surface area contributed by atoms with Gasteiger partial charge in [0.2, 0.25) is 0 Å². The molecule has 3 nitrogen and oxygen atoms in total. The Bertz CT molecular complexity index is 390. The van der Waals surface area contributed by atoms with Gasteiger partial charge in [-0.1, -0.05) is 24.3 Å². The van der Waals surface area contributed by atoms with Crippen molar-refractivity contribution in [1.29, 1.82) is 0 Å². The highest BCUT2D eigenvalue weighted by molar-refractivity contribution is 5.40. The molecule has 3 heteroatoms. The van der Waals surface area contributed by atoms with Crippen LogP contribution >= 0.6 is 0 Å². The van der Waals surface area contributed by atoms with E-state index in [1.807, 2.05) is 37.3 Å². The first-order valence-electron chi connectivity index (χ1n) is 6.04. The zero-order valence-corrected chi connectivity index (χ0v) is 10.3. The molecule has 0 spiro atoms. The van der Waals surface area contributed by atoms with Crippen LogP contribution < -0.4 is 14.8 Å². The first-order chi connectivity index (χ1) is 8.31. The molecule has 0 fully saturated rings. The zero-order chi connectivity index (χ0) is 12.1. The number of benzene rings is 1. The summed E-state index contributed by atoms with van der Waals surface area (Å²) in [4.78, 5) is 0. The molecule has 2 atom stereocenters. The molecule has 1 aliphatic rings. The highest BCUT2D eigenvalue weighted by Gasteiger charge is 2.25. The second-order valence-electron chi connectivity index (χ2n) is 4.18. The summed E-state index contributed by atoms with van der Waals surface area (Å²) >= 11 is 0. The van der Waals surface area contributed by atoms with Crippen LogP contribution in [0.3, 0.4) is 0 Å². The van der Waals surface area contributed by atoms with Gasteiger partial charge in [-0.05, 0) is 26.0 Å². The minimum absolute atomic E-state index is 0.0650. The first kappa shape index (κ1) is 12.0. The molecule has 1 aliphatic heterocycles. The highest BCUT2D eigenvalue weighted by Crippen LogP contribution is 2.31. The van der Waals surface area contributed by atoms with Crippen molar-refractivity contribution >= 4 is 0 Å². The topological polar surface area (TPSA) is 30.5 Å². The summed E-state index contributed by atoms with van der Waals surface area (Å²) in [5.74, 6) is 1.67. The number of nitrogens with one attached hydrogen (secondary N) is 1. The summed E-state index contributed by atoms with van der Waals surface area (Å²) in [6.45, 7) is 5.59. The number of para-hydroxylation sites is 2. The Hall–Kier alpha value is -1.48. The maximum absolute atomic E-state index is 5.91. The van der Waals surface area contributed by atoms with Crippen LogP contribution in [0, 0.1) is 0 Å². The summed E-state index contributed by atoms with van der Waals surface area (Å²) in [6.07, 6.45) is 4.19. The molecule has 0 saturated heterocycles. The van der Waals surface area contributed by atoms with Crippen LogP contribution in [0.15, 0.2) is 36.4 Å². The number of hydrogen-bond acceptors (Lipinski definition) is 3. The van der Waals surface area contributed by atoms with E-state index in [1.165, 1.54) is 0 Å². The summed E-state index contributed by atoms with van der Waals surface area (Å²) in [5, 5.41) is 3.39. The zero-order valence-electron chi connectivity index (χ0n) is 10.3. The van der Waals surface area contributed by atoms with Gasteiger partial charge in [0.15, 0.2) is 11.5 Å². The van der Waals surface area contributed by atoms with E-state index in [4.69, 9.17) is 9.47 Å². The van der Waals surface area contributed by atoms with E-state index >= 15 is 0 Å². The van der Waals surface area contributed by atoms with Crippen molar-refractivity contribution in [2.45, 2.75) is 26.0 Å². The highest BCUT2D eigenvalue weighted by atomic mass is 16.6. The van der Waals surface area contributed by atoms with Gasteiger partial charge in [0, 0.05) is 12.6 Å². The van der Waals surface area contributed by atoms with E-state index < -0.39 is 0 Å². The minimum Gasteiger partial charge on any atom is -0.486 e. The van der Waals surface area contributed by atoms with E-state index in [0.717, 1.165) is 18.0 Å². The average molecular weight is 233 g/mol. The first-order valence-corrected chi connectivity index (χ1v) is 6.04. The smallest absolute Gasteiger partial charge is 0.161 e. The molecule has 0 amide bonds. The molecule has 0 radical (unpaired) electrons. The number of fused-ring (bicyclic) bond motifs is 1. The van der Waals surface area contributed by atoms with Gasteiger partial charge in [0.1, 0.15) is 12.7 Å². The maximum Gasteiger partial charge on any atom is 0.161 e. The van der Waals surface area contributed by atoms with Crippen LogP contribution in [0.2, 0.25) is 0 Å². The molecule has 92 valence electrons. The number of ether oxygens (including phenoxy) is 2. The maximum atomic E-state index is 5.91. The van der Waals surface area contributed by atoms with Crippen LogP contribution in [-0.4, -0.2) is 25.3 Å². The Morgan fingerprint density at radius 2 is 2.18 bits per heavy atom. The molecular formula is C14H19NO2. The molecule has 2 rings (SSSR count). The van der Waals surface area contributed by atoms with Gasteiger partial charge in [0.05, 0.1) is 0 Å². The van der Waals surface area contributed by atoms with E-state index in [0.29, 0.717) is 6.61 Å². The van der Waals surface area contributed by atoms with Crippen molar-refractivity contribution in [3.05, 3.63) is 36.4 Å². The molecular weight excluding hydrogens is 214 g/mol. The lowest BCUT2D eigenvalue weighted by Crippen LogP contribution is -2.46. The van der Waals surface area contributed by atoms with Crippen LogP contribution in [0.25, 0.3) is 0 Å². The van der Waals surface area contributed by atoms with Crippen molar-refractivity contribution in [2.24, 2.45) is 0 Å². The second-order valence-corrected chi connectivity index (χ2v) is 4.18. The Morgan fingerprint density at radius 3 is 2.94 bits per heavy atom. The standard InChI is InChI=1S/C14H19NO2/c1-3-4-9-15-11(2)14-10-16-12-7-5-6-8-13(12)17-14/h3-8,11,14-15H,9-10H2,1-2H3. The Labute approximate surface area is 102 Å². The van der Waals surface area contributed by atoms with Gasteiger partial charge in [-0.15, -0.1) is 0 Å². The molecule has 2 unspecified atom stereocenters. The van der Waals surface area contributed by atoms with E-state index in [-0.39, 0.29) is 12.1 Å². The molecule has 0 bridgehead atoms. The lowest BCUT2D eigenvalue weighted by atomic mass is 10.1. The van der Waals surface area contributed by atoms with Crippen molar-refractivity contribution in [3.63, 3.8) is 0 Å². The Kier molecular flexibility index (Phi) is 4.04. The predicted octanol–water partition coefficient (Wildman–Crippen LogP) is 2.38. The molecule has 1 N–H and O–H groups in total. The van der Waals surface area contributed by atoms with Crippen molar-refractivity contribution in [3.8, 4) is 11.5 Å². The monoisotopic (exact) mass is 233 g/mol. The fourth-order valence-electron chi connectivity index (χ4n) is 1.79. The molecule has 1 heterocycles.